The zero-order valence-electron chi connectivity index (χ0n) is 12.0. The third kappa shape index (κ3) is 2.40. The SMILES string of the molecule is C=C1CCCC1(C(=O)OC(C)C)C(=O)c1ccccc1. The first kappa shape index (κ1) is 14.5. The maximum atomic E-state index is 12.8. The van der Waals surface area contributed by atoms with Gasteiger partial charge in [-0.3, -0.25) is 9.59 Å². The predicted octanol–water partition coefficient (Wildman–Crippen LogP) is 3.55. The van der Waals surface area contributed by atoms with Crippen LogP contribution in [0.3, 0.4) is 0 Å². The molecule has 0 N–H and O–H groups in total. The van der Waals surface area contributed by atoms with E-state index in [0.29, 0.717) is 24.0 Å². The zero-order chi connectivity index (χ0) is 14.8. The quantitative estimate of drug-likeness (QED) is 0.364. The number of rotatable bonds is 4. The van der Waals surface area contributed by atoms with E-state index in [1.54, 1.807) is 38.1 Å². The number of carbonyl (C=O) groups is 2. The molecular weight excluding hydrogens is 252 g/mol. The van der Waals surface area contributed by atoms with Gasteiger partial charge < -0.3 is 4.74 Å². The van der Waals surface area contributed by atoms with Crippen LogP contribution in [0.2, 0.25) is 0 Å². The molecule has 0 amide bonds. The lowest BCUT2D eigenvalue weighted by Gasteiger charge is -2.27. The Morgan fingerprint density at radius 2 is 1.90 bits per heavy atom. The first-order chi connectivity index (χ1) is 9.48. The highest BCUT2D eigenvalue weighted by atomic mass is 16.5. The molecule has 1 aliphatic rings. The lowest BCUT2D eigenvalue weighted by atomic mass is 9.76. The molecule has 1 saturated carbocycles. The lowest BCUT2D eigenvalue weighted by molar-refractivity contribution is -0.154. The van der Waals surface area contributed by atoms with E-state index in [9.17, 15) is 9.59 Å². The molecule has 20 heavy (non-hydrogen) atoms. The van der Waals surface area contributed by atoms with Crippen LogP contribution in [-0.4, -0.2) is 17.9 Å². The summed E-state index contributed by atoms with van der Waals surface area (Å²) < 4.78 is 5.33. The highest BCUT2D eigenvalue weighted by Gasteiger charge is 2.52. The summed E-state index contributed by atoms with van der Waals surface area (Å²) in [6.45, 7) is 7.54. The molecule has 0 saturated heterocycles. The van der Waals surface area contributed by atoms with Gasteiger partial charge in [0.1, 0.15) is 0 Å². The second-order valence-electron chi connectivity index (χ2n) is 5.51. The molecule has 0 spiro atoms. The zero-order valence-corrected chi connectivity index (χ0v) is 12.0. The number of esters is 1. The van der Waals surface area contributed by atoms with Crippen molar-refractivity contribution in [3.05, 3.63) is 48.0 Å². The summed E-state index contributed by atoms with van der Waals surface area (Å²) in [5, 5.41) is 0. The summed E-state index contributed by atoms with van der Waals surface area (Å²) in [7, 11) is 0. The van der Waals surface area contributed by atoms with Crippen LogP contribution >= 0.6 is 0 Å². The molecule has 0 bridgehead atoms. The molecule has 1 unspecified atom stereocenters. The van der Waals surface area contributed by atoms with Crippen molar-refractivity contribution < 1.29 is 14.3 Å². The number of hydrogen-bond donors (Lipinski definition) is 0. The first-order valence-corrected chi connectivity index (χ1v) is 6.97. The number of carbonyl (C=O) groups excluding carboxylic acids is 2. The fourth-order valence-corrected chi connectivity index (χ4v) is 2.72. The van der Waals surface area contributed by atoms with Gasteiger partial charge in [0.2, 0.25) is 0 Å². The molecule has 2 rings (SSSR count). The molecule has 106 valence electrons. The van der Waals surface area contributed by atoms with Gasteiger partial charge in [0.15, 0.2) is 11.2 Å². The Balaban J connectivity index is 2.41. The molecule has 1 aromatic carbocycles. The predicted molar refractivity (Wildman–Crippen MR) is 77.4 cm³/mol. The molecule has 0 aromatic heterocycles. The summed E-state index contributed by atoms with van der Waals surface area (Å²) in [5.41, 5.74) is 0.0271. The van der Waals surface area contributed by atoms with Gasteiger partial charge in [-0.25, -0.2) is 0 Å². The Hall–Kier alpha value is -1.90. The van der Waals surface area contributed by atoms with E-state index in [4.69, 9.17) is 4.74 Å². The highest BCUT2D eigenvalue weighted by Crippen LogP contribution is 2.45. The van der Waals surface area contributed by atoms with Crippen molar-refractivity contribution in [2.75, 3.05) is 0 Å². The van der Waals surface area contributed by atoms with Crippen LogP contribution in [0.15, 0.2) is 42.5 Å². The largest absolute Gasteiger partial charge is 0.462 e. The van der Waals surface area contributed by atoms with E-state index in [2.05, 4.69) is 6.58 Å². The molecule has 0 radical (unpaired) electrons. The van der Waals surface area contributed by atoms with Crippen molar-refractivity contribution in [1.29, 1.82) is 0 Å². The number of hydrogen-bond acceptors (Lipinski definition) is 3. The van der Waals surface area contributed by atoms with Crippen molar-refractivity contribution in [2.45, 2.75) is 39.2 Å². The van der Waals surface area contributed by atoms with Crippen molar-refractivity contribution in [2.24, 2.45) is 5.41 Å². The van der Waals surface area contributed by atoms with E-state index in [1.807, 2.05) is 6.07 Å². The normalized spacial score (nSPS) is 22.1. The molecule has 1 aliphatic carbocycles. The van der Waals surface area contributed by atoms with Crippen molar-refractivity contribution in [3.63, 3.8) is 0 Å². The second kappa shape index (κ2) is 5.61. The van der Waals surface area contributed by atoms with Gasteiger partial charge in [0, 0.05) is 5.56 Å². The Bertz CT molecular complexity index is 530. The van der Waals surface area contributed by atoms with Crippen LogP contribution in [0.25, 0.3) is 0 Å². The van der Waals surface area contributed by atoms with Crippen LogP contribution in [0.5, 0.6) is 0 Å². The van der Waals surface area contributed by atoms with Crippen LogP contribution in [-0.2, 0) is 9.53 Å². The minimum Gasteiger partial charge on any atom is -0.462 e. The molecule has 0 aliphatic heterocycles. The molecule has 3 heteroatoms. The van der Waals surface area contributed by atoms with Crippen molar-refractivity contribution in [3.8, 4) is 0 Å². The minimum atomic E-state index is -1.19. The van der Waals surface area contributed by atoms with Gasteiger partial charge >= 0.3 is 5.97 Å². The maximum Gasteiger partial charge on any atom is 0.324 e. The lowest BCUT2D eigenvalue weighted by Crippen LogP contribution is -2.40. The van der Waals surface area contributed by atoms with Crippen LogP contribution in [0.4, 0.5) is 0 Å². The van der Waals surface area contributed by atoms with Gasteiger partial charge in [-0.2, -0.15) is 0 Å². The fraction of sp³-hybridized carbons (Fsp3) is 0.412. The monoisotopic (exact) mass is 272 g/mol. The van der Waals surface area contributed by atoms with Crippen LogP contribution < -0.4 is 0 Å². The van der Waals surface area contributed by atoms with Crippen LogP contribution in [0.1, 0.15) is 43.5 Å². The van der Waals surface area contributed by atoms with E-state index in [1.165, 1.54) is 0 Å². The highest BCUT2D eigenvalue weighted by molar-refractivity contribution is 6.15. The number of benzene rings is 1. The average Bonchev–Trinajstić information content (AvgIpc) is 2.81. The molecule has 1 aromatic rings. The van der Waals surface area contributed by atoms with E-state index in [-0.39, 0.29) is 11.9 Å². The molecule has 1 fully saturated rings. The third-order valence-corrected chi connectivity index (χ3v) is 3.75. The number of ether oxygens (including phenoxy) is 1. The van der Waals surface area contributed by atoms with E-state index in [0.717, 1.165) is 6.42 Å². The summed E-state index contributed by atoms with van der Waals surface area (Å²) in [5.74, 6) is -0.643. The third-order valence-electron chi connectivity index (χ3n) is 3.75. The Morgan fingerprint density at radius 1 is 1.25 bits per heavy atom. The molecule has 0 heterocycles. The molecule has 1 atom stereocenters. The summed E-state index contributed by atoms with van der Waals surface area (Å²) in [6, 6.07) is 8.91. The van der Waals surface area contributed by atoms with Gasteiger partial charge in [-0.1, -0.05) is 42.5 Å². The van der Waals surface area contributed by atoms with Crippen molar-refractivity contribution in [1.82, 2.24) is 0 Å². The minimum absolute atomic E-state index is 0.189. The van der Waals surface area contributed by atoms with Gasteiger partial charge in [0.25, 0.3) is 0 Å². The average molecular weight is 272 g/mol. The van der Waals surface area contributed by atoms with E-state index >= 15 is 0 Å². The van der Waals surface area contributed by atoms with Crippen LogP contribution in [0, 0.1) is 5.41 Å². The van der Waals surface area contributed by atoms with Crippen molar-refractivity contribution >= 4 is 11.8 Å². The Kier molecular flexibility index (Phi) is 4.07. The number of Topliss-reactive ketones (excluding diaryl/α,β-unsaturated/α-hetero) is 1. The topological polar surface area (TPSA) is 43.4 Å². The first-order valence-electron chi connectivity index (χ1n) is 6.97. The number of ketones is 1. The molecular formula is C17H20O3. The fourth-order valence-electron chi connectivity index (χ4n) is 2.72. The van der Waals surface area contributed by atoms with Gasteiger partial charge in [0.05, 0.1) is 6.10 Å². The van der Waals surface area contributed by atoms with Gasteiger partial charge in [-0.05, 0) is 33.1 Å². The Labute approximate surface area is 119 Å². The summed E-state index contributed by atoms with van der Waals surface area (Å²) in [6.07, 6.45) is 1.75. The standard InChI is InChI=1S/C17H20O3/c1-12(2)20-16(19)17(11-7-8-13(17)3)15(18)14-9-5-4-6-10-14/h4-6,9-10,12H,3,7-8,11H2,1-2H3. The molecule has 3 nitrogen and oxygen atoms in total. The summed E-state index contributed by atoms with van der Waals surface area (Å²) >= 11 is 0. The maximum absolute atomic E-state index is 12.8. The Morgan fingerprint density at radius 3 is 2.40 bits per heavy atom. The second-order valence-corrected chi connectivity index (χ2v) is 5.51. The van der Waals surface area contributed by atoms with Gasteiger partial charge in [-0.15, -0.1) is 0 Å². The van der Waals surface area contributed by atoms with E-state index < -0.39 is 11.4 Å². The summed E-state index contributed by atoms with van der Waals surface area (Å²) in [4.78, 5) is 25.3. The smallest absolute Gasteiger partial charge is 0.324 e.